The Morgan fingerprint density at radius 2 is 2.44 bits per heavy atom. The van der Waals surface area contributed by atoms with Crippen LogP contribution in [0.15, 0.2) is 27.4 Å². The van der Waals surface area contributed by atoms with Crippen LogP contribution in [0.5, 0.6) is 0 Å². The number of hydrogen-bond acceptors (Lipinski definition) is 4. The number of aromatic nitrogens is 1. The van der Waals surface area contributed by atoms with Crippen LogP contribution in [0.25, 0.3) is 0 Å². The first-order valence-electron chi connectivity index (χ1n) is 4.86. The monoisotopic (exact) mass is 236 g/mol. The molecule has 2 aromatic rings. The zero-order valence-electron chi connectivity index (χ0n) is 9.14. The van der Waals surface area contributed by atoms with Gasteiger partial charge in [0.2, 0.25) is 5.76 Å². The lowest BCUT2D eigenvalue weighted by molar-refractivity contribution is 0.0743. The summed E-state index contributed by atoms with van der Waals surface area (Å²) in [6.07, 6.45) is 0. The summed E-state index contributed by atoms with van der Waals surface area (Å²) in [5.74, 6) is 0.141. The molecule has 16 heavy (non-hydrogen) atoms. The lowest BCUT2D eigenvalue weighted by atomic mass is 10.3. The number of hydrogen-bond donors (Lipinski definition) is 0. The molecule has 0 fully saturated rings. The minimum atomic E-state index is -0.146. The van der Waals surface area contributed by atoms with Crippen LogP contribution in [0.1, 0.15) is 21.8 Å². The Morgan fingerprint density at radius 1 is 1.62 bits per heavy atom. The molecule has 84 valence electrons. The van der Waals surface area contributed by atoms with Crippen molar-refractivity contribution in [3.63, 3.8) is 0 Å². The van der Waals surface area contributed by atoms with E-state index in [1.54, 1.807) is 36.3 Å². The van der Waals surface area contributed by atoms with Gasteiger partial charge in [0.05, 0.1) is 5.69 Å². The number of nitrogens with zero attached hydrogens (tertiary/aromatic N) is 2. The van der Waals surface area contributed by atoms with E-state index in [0.717, 1.165) is 5.56 Å². The SMILES string of the molecule is Cc1cc(C(=O)N(C)Cc2ccsc2)on1. The second-order valence-electron chi connectivity index (χ2n) is 3.63. The zero-order chi connectivity index (χ0) is 11.5. The van der Waals surface area contributed by atoms with Crippen molar-refractivity contribution in [1.29, 1.82) is 0 Å². The highest BCUT2D eigenvalue weighted by Gasteiger charge is 2.16. The van der Waals surface area contributed by atoms with Crippen molar-refractivity contribution in [2.45, 2.75) is 13.5 Å². The van der Waals surface area contributed by atoms with Gasteiger partial charge in [-0.1, -0.05) is 5.16 Å². The smallest absolute Gasteiger partial charge is 0.292 e. The van der Waals surface area contributed by atoms with Gasteiger partial charge in [-0.25, -0.2) is 0 Å². The molecule has 0 N–H and O–H groups in total. The van der Waals surface area contributed by atoms with Crippen molar-refractivity contribution in [2.75, 3.05) is 7.05 Å². The second-order valence-corrected chi connectivity index (χ2v) is 4.41. The first-order valence-corrected chi connectivity index (χ1v) is 5.81. The van der Waals surface area contributed by atoms with Gasteiger partial charge in [-0.2, -0.15) is 11.3 Å². The minimum Gasteiger partial charge on any atom is -0.351 e. The van der Waals surface area contributed by atoms with Crippen LogP contribution in [-0.4, -0.2) is 23.0 Å². The molecule has 4 nitrogen and oxygen atoms in total. The fourth-order valence-electron chi connectivity index (χ4n) is 1.38. The predicted octanol–water partition coefficient (Wildman–Crippen LogP) is 2.32. The maximum atomic E-state index is 11.9. The van der Waals surface area contributed by atoms with E-state index in [4.69, 9.17) is 4.52 Å². The highest BCUT2D eigenvalue weighted by molar-refractivity contribution is 7.07. The van der Waals surface area contributed by atoms with Crippen molar-refractivity contribution in [3.05, 3.63) is 39.9 Å². The normalized spacial score (nSPS) is 10.4. The van der Waals surface area contributed by atoms with Gasteiger partial charge in [-0.15, -0.1) is 0 Å². The molecular weight excluding hydrogens is 224 g/mol. The van der Waals surface area contributed by atoms with Crippen LogP contribution in [0, 0.1) is 6.92 Å². The molecule has 0 spiro atoms. The minimum absolute atomic E-state index is 0.146. The quantitative estimate of drug-likeness (QED) is 0.821. The highest BCUT2D eigenvalue weighted by atomic mass is 32.1. The van der Waals surface area contributed by atoms with E-state index in [-0.39, 0.29) is 11.7 Å². The maximum Gasteiger partial charge on any atom is 0.292 e. The molecule has 5 heteroatoms. The first kappa shape index (κ1) is 10.9. The molecule has 0 aliphatic rings. The van der Waals surface area contributed by atoms with Crippen LogP contribution in [-0.2, 0) is 6.54 Å². The largest absolute Gasteiger partial charge is 0.351 e. The van der Waals surface area contributed by atoms with E-state index in [9.17, 15) is 4.79 Å². The van der Waals surface area contributed by atoms with Gasteiger partial charge >= 0.3 is 0 Å². The molecule has 0 atom stereocenters. The molecular formula is C11H12N2O2S. The van der Waals surface area contributed by atoms with E-state index < -0.39 is 0 Å². The molecule has 2 aromatic heterocycles. The number of carbonyl (C=O) groups excluding carboxylic acids is 1. The molecule has 0 bridgehead atoms. The first-order chi connectivity index (χ1) is 7.66. The topological polar surface area (TPSA) is 46.3 Å². The molecule has 1 amide bonds. The Bertz CT molecular complexity index is 476. The molecule has 0 aromatic carbocycles. The van der Waals surface area contributed by atoms with Gasteiger partial charge in [0.15, 0.2) is 0 Å². The zero-order valence-corrected chi connectivity index (χ0v) is 9.95. The maximum absolute atomic E-state index is 11.9. The number of aryl methyl sites for hydroxylation is 1. The Labute approximate surface area is 97.5 Å². The van der Waals surface area contributed by atoms with E-state index in [1.165, 1.54) is 0 Å². The van der Waals surface area contributed by atoms with Gasteiger partial charge in [-0.3, -0.25) is 4.79 Å². The van der Waals surface area contributed by atoms with Crippen LogP contribution in [0.2, 0.25) is 0 Å². The van der Waals surface area contributed by atoms with E-state index in [1.807, 2.05) is 16.8 Å². The standard InChI is InChI=1S/C11H12N2O2S/c1-8-5-10(15-12-8)11(14)13(2)6-9-3-4-16-7-9/h3-5,7H,6H2,1-2H3. The van der Waals surface area contributed by atoms with Gasteiger partial charge in [0.25, 0.3) is 5.91 Å². The number of amides is 1. The lowest BCUT2D eigenvalue weighted by Crippen LogP contribution is -2.25. The molecule has 0 aliphatic carbocycles. The van der Waals surface area contributed by atoms with Gasteiger partial charge in [0.1, 0.15) is 0 Å². The molecule has 0 aliphatic heterocycles. The summed E-state index contributed by atoms with van der Waals surface area (Å²) < 4.78 is 4.93. The fourth-order valence-corrected chi connectivity index (χ4v) is 2.04. The van der Waals surface area contributed by atoms with E-state index in [2.05, 4.69) is 5.16 Å². The van der Waals surface area contributed by atoms with Gasteiger partial charge < -0.3 is 9.42 Å². The Hall–Kier alpha value is -1.62. The molecule has 0 radical (unpaired) electrons. The number of rotatable bonds is 3. The average molecular weight is 236 g/mol. The Balaban J connectivity index is 2.05. The predicted molar refractivity (Wildman–Crippen MR) is 61.4 cm³/mol. The van der Waals surface area contributed by atoms with Crippen LogP contribution < -0.4 is 0 Å². The average Bonchev–Trinajstić information content (AvgIpc) is 2.88. The Kier molecular flexibility index (Phi) is 3.05. The van der Waals surface area contributed by atoms with Gasteiger partial charge in [0, 0.05) is 19.7 Å². The third-order valence-electron chi connectivity index (χ3n) is 2.19. The fraction of sp³-hybridized carbons (Fsp3) is 0.273. The summed E-state index contributed by atoms with van der Waals surface area (Å²) in [4.78, 5) is 13.5. The third kappa shape index (κ3) is 2.30. The van der Waals surface area contributed by atoms with Crippen LogP contribution in [0.4, 0.5) is 0 Å². The van der Waals surface area contributed by atoms with Gasteiger partial charge in [-0.05, 0) is 29.3 Å². The Morgan fingerprint density at radius 3 is 3.00 bits per heavy atom. The summed E-state index contributed by atoms with van der Waals surface area (Å²) in [6, 6.07) is 3.65. The highest BCUT2D eigenvalue weighted by Crippen LogP contribution is 2.11. The number of carbonyl (C=O) groups is 1. The molecule has 0 unspecified atom stereocenters. The summed E-state index contributed by atoms with van der Waals surface area (Å²) in [6.45, 7) is 2.38. The van der Waals surface area contributed by atoms with E-state index >= 15 is 0 Å². The summed E-state index contributed by atoms with van der Waals surface area (Å²) in [5.41, 5.74) is 1.84. The second kappa shape index (κ2) is 4.49. The lowest BCUT2D eigenvalue weighted by Gasteiger charge is -2.13. The van der Waals surface area contributed by atoms with Crippen molar-refractivity contribution in [1.82, 2.24) is 10.1 Å². The van der Waals surface area contributed by atoms with E-state index in [0.29, 0.717) is 12.2 Å². The summed E-state index contributed by atoms with van der Waals surface area (Å²) in [5, 5.41) is 7.71. The van der Waals surface area contributed by atoms with Crippen molar-refractivity contribution in [3.8, 4) is 0 Å². The van der Waals surface area contributed by atoms with Crippen molar-refractivity contribution in [2.24, 2.45) is 0 Å². The van der Waals surface area contributed by atoms with Crippen LogP contribution in [0.3, 0.4) is 0 Å². The molecule has 2 heterocycles. The molecule has 0 saturated carbocycles. The van der Waals surface area contributed by atoms with Crippen molar-refractivity contribution < 1.29 is 9.32 Å². The van der Waals surface area contributed by atoms with Crippen molar-refractivity contribution >= 4 is 17.2 Å². The summed E-state index contributed by atoms with van der Waals surface area (Å²) in [7, 11) is 1.75. The van der Waals surface area contributed by atoms with Crippen LogP contribution >= 0.6 is 11.3 Å². The molecule has 0 saturated heterocycles. The summed E-state index contributed by atoms with van der Waals surface area (Å²) >= 11 is 1.62. The third-order valence-corrected chi connectivity index (χ3v) is 2.92. The number of thiophene rings is 1. The molecule has 2 rings (SSSR count).